The second kappa shape index (κ2) is 4.88. The van der Waals surface area contributed by atoms with Crippen molar-refractivity contribution in [2.45, 2.75) is 20.8 Å². The number of hydrogen-bond donors (Lipinski definition) is 1. The second-order valence-corrected chi connectivity index (χ2v) is 5.12. The minimum Gasteiger partial charge on any atom is -0.340 e. The number of nitrogens with zero attached hydrogens (tertiary/aromatic N) is 1. The van der Waals surface area contributed by atoms with Crippen molar-refractivity contribution in [3.05, 3.63) is 51.6 Å². The van der Waals surface area contributed by atoms with Gasteiger partial charge in [0.15, 0.2) is 0 Å². The van der Waals surface area contributed by atoms with Crippen LogP contribution in [0.1, 0.15) is 16.7 Å². The average Bonchev–Trinajstić information content (AvgIpc) is 2.27. The van der Waals surface area contributed by atoms with E-state index in [9.17, 15) is 0 Å². The molecule has 1 aromatic carbocycles. The van der Waals surface area contributed by atoms with Gasteiger partial charge >= 0.3 is 0 Å². The lowest BCUT2D eigenvalue weighted by Gasteiger charge is -2.10. The first kappa shape index (κ1) is 12.1. The van der Waals surface area contributed by atoms with Crippen LogP contribution in [0.25, 0.3) is 0 Å². The SMILES string of the molecule is Cc1ccc(Nc2cc(C)c(Br)cn2)c(C)c1. The Morgan fingerprint density at radius 1 is 1.06 bits per heavy atom. The Kier molecular flexibility index (Phi) is 3.48. The molecule has 0 aliphatic carbocycles. The number of hydrogen-bond acceptors (Lipinski definition) is 2. The summed E-state index contributed by atoms with van der Waals surface area (Å²) >= 11 is 3.45. The third-order valence-corrected chi connectivity index (χ3v) is 3.52. The molecule has 1 N–H and O–H groups in total. The third-order valence-electron chi connectivity index (χ3n) is 2.69. The van der Waals surface area contributed by atoms with Gasteiger partial charge in [0.25, 0.3) is 0 Å². The number of aryl methyl sites for hydroxylation is 3. The molecule has 0 amide bonds. The van der Waals surface area contributed by atoms with Crippen LogP contribution in [0, 0.1) is 20.8 Å². The van der Waals surface area contributed by atoms with Crippen molar-refractivity contribution in [1.82, 2.24) is 4.98 Å². The van der Waals surface area contributed by atoms with Crippen molar-refractivity contribution in [1.29, 1.82) is 0 Å². The summed E-state index contributed by atoms with van der Waals surface area (Å²) in [5, 5.41) is 3.34. The molecule has 0 radical (unpaired) electrons. The fourth-order valence-corrected chi connectivity index (χ4v) is 1.92. The number of halogens is 1. The standard InChI is InChI=1S/C14H15BrN2/c1-9-4-5-13(11(3)6-9)17-14-7-10(2)12(15)8-16-14/h4-8H,1-3H3,(H,16,17). The van der Waals surface area contributed by atoms with Gasteiger partial charge in [0.2, 0.25) is 0 Å². The van der Waals surface area contributed by atoms with Crippen LogP contribution in [-0.2, 0) is 0 Å². The summed E-state index contributed by atoms with van der Waals surface area (Å²) in [5.41, 5.74) is 4.78. The Hall–Kier alpha value is -1.35. The van der Waals surface area contributed by atoms with Crippen LogP contribution in [0.15, 0.2) is 34.9 Å². The van der Waals surface area contributed by atoms with E-state index in [0.717, 1.165) is 16.0 Å². The minimum absolute atomic E-state index is 0.873. The van der Waals surface area contributed by atoms with E-state index in [4.69, 9.17) is 0 Å². The first-order valence-electron chi connectivity index (χ1n) is 5.52. The summed E-state index contributed by atoms with van der Waals surface area (Å²) < 4.78 is 1.03. The third kappa shape index (κ3) is 2.86. The molecule has 1 aromatic heterocycles. The van der Waals surface area contributed by atoms with Gasteiger partial charge in [-0.1, -0.05) is 17.7 Å². The molecule has 2 rings (SSSR count). The van der Waals surface area contributed by atoms with Gasteiger partial charge in [0.05, 0.1) is 0 Å². The van der Waals surface area contributed by atoms with Crippen LogP contribution in [-0.4, -0.2) is 4.98 Å². The van der Waals surface area contributed by atoms with Gasteiger partial charge in [-0.2, -0.15) is 0 Å². The van der Waals surface area contributed by atoms with Crippen molar-refractivity contribution in [2.24, 2.45) is 0 Å². The Bertz CT molecular complexity index is 550. The molecule has 17 heavy (non-hydrogen) atoms. The Morgan fingerprint density at radius 2 is 1.82 bits per heavy atom. The van der Waals surface area contributed by atoms with Gasteiger partial charge in [-0.3, -0.25) is 0 Å². The van der Waals surface area contributed by atoms with Gasteiger partial charge in [-0.25, -0.2) is 4.98 Å². The highest BCUT2D eigenvalue weighted by Gasteiger charge is 2.02. The van der Waals surface area contributed by atoms with Crippen LogP contribution in [0.4, 0.5) is 11.5 Å². The molecule has 0 atom stereocenters. The van der Waals surface area contributed by atoms with Crippen molar-refractivity contribution < 1.29 is 0 Å². The van der Waals surface area contributed by atoms with Crippen LogP contribution < -0.4 is 5.32 Å². The highest BCUT2D eigenvalue weighted by atomic mass is 79.9. The molecule has 0 bridgehead atoms. The Morgan fingerprint density at radius 3 is 2.47 bits per heavy atom. The van der Waals surface area contributed by atoms with Crippen molar-refractivity contribution in [2.75, 3.05) is 5.32 Å². The molecule has 2 aromatic rings. The summed E-state index contributed by atoms with van der Waals surface area (Å²) in [5.74, 6) is 0.873. The predicted octanol–water partition coefficient (Wildman–Crippen LogP) is 4.51. The van der Waals surface area contributed by atoms with E-state index in [1.54, 1.807) is 0 Å². The van der Waals surface area contributed by atoms with Gasteiger partial charge in [-0.05, 0) is 60.0 Å². The van der Waals surface area contributed by atoms with E-state index >= 15 is 0 Å². The van der Waals surface area contributed by atoms with Gasteiger partial charge in [-0.15, -0.1) is 0 Å². The maximum absolute atomic E-state index is 4.34. The summed E-state index contributed by atoms with van der Waals surface area (Å²) in [4.78, 5) is 4.34. The molecular weight excluding hydrogens is 276 g/mol. The molecule has 0 aliphatic heterocycles. The fourth-order valence-electron chi connectivity index (χ4n) is 1.70. The Labute approximate surface area is 110 Å². The lowest BCUT2D eigenvalue weighted by Crippen LogP contribution is -1.96. The molecule has 0 saturated carbocycles. The van der Waals surface area contributed by atoms with Crippen LogP contribution >= 0.6 is 15.9 Å². The van der Waals surface area contributed by atoms with Gasteiger partial charge in [0, 0.05) is 16.4 Å². The highest BCUT2D eigenvalue weighted by molar-refractivity contribution is 9.10. The van der Waals surface area contributed by atoms with Gasteiger partial charge in [0.1, 0.15) is 5.82 Å². The molecule has 0 unspecified atom stereocenters. The number of rotatable bonds is 2. The van der Waals surface area contributed by atoms with Crippen LogP contribution in [0.5, 0.6) is 0 Å². The van der Waals surface area contributed by atoms with E-state index in [1.165, 1.54) is 16.7 Å². The Balaban J connectivity index is 2.28. The minimum atomic E-state index is 0.873. The maximum Gasteiger partial charge on any atom is 0.130 e. The number of benzene rings is 1. The van der Waals surface area contributed by atoms with E-state index in [2.05, 4.69) is 65.2 Å². The summed E-state index contributed by atoms with van der Waals surface area (Å²) in [6.45, 7) is 6.25. The lowest BCUT2D eigenvalue weighted by molar-refractivity contribution is 1.24. The van der Waals surface area contributed by atoms with E-state index < -0.39 is 0 Å². The van der Waals surface area contributed by atoms with Crippen molar-refractivity contribution >= 4 is 27.4 Å². The molecule has 0 spiro atoms. The van der Waals surface area contributed by atoms with Crippen molar-refractivity contribution in [3.63, 3.8) is 0 Å². The normalized spacial score (nSPS) is 10.4. The van der Waals surface area contributed by atoms with E-state index in [-0.39, 0.29) is 0 Å². The zero-order valence-corrected chi connectivity index (χ0v) is 11.8. The van der Waals surface area contributed by atoms with E-state index in [0.29, 0.717) is 0 Å². The topological polar surface area (TPSA) is 24.9 Å². The number of aromatic nitrogens is 1. The smallest absolute Gasteiger partial charge is 0.130 e. The molecular formula is C14H15BrN2. The quantitative estimate of drug-likeness (QED) is 0.880. The molecule has 0 fully saturated rings. The lowest BCUT2D eigenvalue weighted by atomic mass is 10.1. The van der Waals surface area contributed by atoms with Crippen LogP contribution in [0.3, 0.4) is 0 Å². The number of anilines is 2. The summed E-state index contributed by atoms with van der Waals surface area (Å²) in [6.07, 6.45) is 1.82. The molecule has 1 heterocycles. The molecule has 0 saturated heterocycles. The molecule has 0 aliphatic rings. The zero-order chi connectivity index (χ0) is 12.4. The monoisotopic (exact) mass is 290 g/mol. The maximum atomic E-state index is 4.34. The fraction of sp³-hybridized carbons (Fsp3) is 0.214. The first-order chi connectivity index (χ1) is 8.06. The average molecular weight is 291 g/mol. The second-order valence-electron chi connectivity index (χ2n) is 4.26. The highest BCUT2D eigenvalue weighted by Crippen LogP contribution is 2.23. The van der Waals surface area contributed by atoms with E-state index in [1.807, 2.05) is 12.3 Å². The van der Waals surface area contributed by atoms with Crippen molar-refractivity contribution in [3.8, 4) is 0 Å². The van der Waals surface area contributed by atoms with Gasteiger partial charge < -0.3 is 5.32 Å². The number of nitrogens with one attached hydrogen (secondary N) is 1. The predicted molar refractivity (Wildman–Crippen MR) is 75.9 cm³/mol. The molecule has 3 heteroatoms. The largest absolute Gasteiger partial charge is 0.340 e. The molecule has 88 valence electrons. The van der Waals surface area contributed by atoms with Crippen LogP contribution in [0.2, 0.25) is 0 Å². The summed E-state index contributed by atoms with van der Waals surface area (Å²) in [7, 11) is 0. The zero-order valence-electron chi connectivity index (χ0n) is 10.2. The number of pyridine rings is 1. The molecule has 2 nitrogen and oxygen atoms in total. The first-order valence-corrected chi connectivity index (χ1v) is 6.32. The summed E-state index contributed by atoms with van der Waals surface area (Å²) in [6, 6.07) is 8.38.